The number of esters is 1. The Balaban J connectivity index is 1.55. The molecule has 0 aliphatic rings. The van der Waals surface area contributed by atoms with Crippen LogP contribution < -0.4 is 10.6 Å². The first-order chi connectivity index (χ1) is 19.9. The van der Waals surface area contributed by atoms with Gasteiger partial charge in [0.25, 0.3) is 5.91 Å². The van der Waals surface area contributed by atoms with Crippen molar-refractivity contribution in [2.45, 2.75) is 32.4 Å². The third-order valence-corrected chi connectivity index (χ3v) is 5.90. The normalized spacial score (nSPS) is 12.1. The first-order valence-corrected chi connectivity index (χ1v) is 12.9. The molecule has 0 spiro atoms. The van der Waals surface area contributed by atoms with E-state index in [4.69, 9.17) is 16.3 Å². The number of hydrogen-bond acceptors (Lipinski definition) is 7. The number of nitrogens with one attached hydrogen (secondary N) is 2. The third-order valence-electron chi connectivity index (χ3n) is 5.61. The Morgan fingerprint density at radius 3 is 2.43 bits per heavy atom. The summed E-state index contributed by atoms with van der Waals surface area (Å²) < 4.78 is 34.8. The topological polar surface area (TPSA) is 128 Å². The first kappa shape index (κ1) is 30.0. The van der Waals surface area contributed by atoms with E-state index in [1.54, 1.807) is 51.1 Å². The van der Waals surface area contributed by atoms with Gasteiger partial charge < -0.3 is 15.4 Å². The van der Waals surface area contributed by atoms with Crippen molar-refractivity contribution in [2.75, 3.05) is 5.32 Å². The second-order valence-corrected chi connectivity index (χ2v) is 10.3. The number of hydrogen-bond donors (Lipinski definition) is 2. The Hall–Kier alpha value is -4.97. The molecule has 4 aromatic rings. The Morgan fingerprint density at radius 1 is 1.05 bits per heavy atom. The predicted molar refractivity (Wildman–Crippen MR) is 151 cm³/mol. The standard InChI is InChI=1S/C29H25ClF2N6O4/c1-29(2,3)42-28(41)19-10-9-18(15-22(19)31)35-27(40)26(17-7-5-4-6-8-17)36-24(39)14-11-20-23(38-34-16-33-37-38)13-12-21(30)25(20)32/h4-16,26H,1-3H3,(H,35,40)(H,36,39)/b14-11+. The number of halogens is 3. The van der Waals surface area contributed by atoms with Gasteiger partial charge in [-0.2, -0.15) is 0 Å². The van der Waals surface area contributed by atoms with Gasteiger partial charge in [-0.05, 0) is 68.0 Å². The zero-order valence-corrected chi connectivity index (χ0v) is 23.4. The number of rotatable bonds is 8. The largest absolute Gasteiger partial charge is 0.456 e. The maximum Gasteiger partial charge on any atom is 0.341 e. The number of carbonyl (C=O) groups is 3. The van der Waals surface area contributed by atoms with Gasteiger partial charge in [-0.25, -0.2) is 13.6 Å². The number of benzene rings is 3. The van der Waals surface area contributed by atoms with Crippen LogP contribution in [0.25, 0.3) is 11.8 Å². The number of carbonyl (C=O) groups excluding carboxylic acids is 3. The van der Waals surface area contributed by atoms with Crippen LogP contribution in [0.2, 0.25) is 5.02 Å². The smallest absolute Gasteiger partial charge is 0.341 e. The molecule has 13 heteroatoms. The van der Waals surface area contributed by atoms with E-state index in [2.05, 4.69) is 26.0 Å². The van der Waals surface area contributed by atoms with Gasteiger partial charge in [-0.1, -0.05) is 41.9 Å². The first-order valence-electron chi connectivity index (χ1n) is 12.5. The van der Waals surface area contributed by atoms with Crippen LogP contribution in [-0.2, 0) is 14.3 Å². The molecule has 1 heterocycles. The summed E-state index contributed by atoms with van der Waals surface area (Å²) >= 11 is 5.93. The van der Waals surface area contributed by atoms with Crippen molar-refractivity contribution in [3.63, 3.8) is 0 Å². The van der Waals surface area contributed by atoms with Gasteiger partial charge in [0.15, 0.2) is 12.1 Å². The van der Waals surface area contributed by atoms with Crippen molar-refractivity contribution < 1.29 is 27.9 Å². The van der Waals surface area contributed by atoms with E-state index >= 15 is 0 Å². The summed E-state index contributed by atoms with van der Waals surface area (Å²) in [6, 6.07) is 13.4. The number of ether oxygens (including phenoxy) is 1. The SMILES string of the molecule is CC(C)(C)OC(=O)c1ccc(NC(=O)C(NC(=O)/C=C/c2c(-n3ncnn3)ccc(Cl)c2F)c2ccccc2)cc1F. The van der Waals surface area contributed by atoms with E-state index in [1.807, 2.05) is 0 Å². The lowest BCUT2D eigenvalue weighted by Gasteiger charge is -2.20. The second kappa shape index (κ2) is 12.7. The van der Waals surface area contributed by atoms with Crippen LogP contribution >= 0.6 is 11.6 Å². The summed E-state index contributed by atoms with van der Waals surface area (Å²) in [7, 11) is 0. The Morgan fingerprint density at radius 2 is 1.79 bits per heavy atom. The average Bonchev–Trinajstić information content (AvgIpc) is 3.47. The fourth-order valence-electron chi connectivity index (χ4n) is 3.77. The van der Waals surface area contributed by atoms with Crippen molar-refractivity contribution >= 4 is 41.1 Å². The Kier molecular flexibility index (Phi) is 9.06. The van der Waals surface area contributed by atoms with Crippen LogP contribution in [0.15, 0.2) is 73.1 Å². The van der Waals surface area contributed by atoms with E-state index in [0.29, 0.717) is 5.56 Å². The maximum absolute atomic E-state index is 14.9. The van der Waals surface area contributed by atoms with E-state index in [9.17, 15) is 23.2 Å². The summed E-state index contributed by atoms with van der Waals surface area (Å²) in [4.78, 5) is 39.6. The van der Waals surface area contributed by atoms with Crippen LogP contribution in [0.1, 0.15) is 48.3 Å². The summed E-state index contributed by atoms with van der Waals surface area (Å²) in [5, 5.41) is 16.1. The molecule has 0 radical (unpaired) electrons. The molecule has 4 rings (SSSR count). The molecule has 0 bridgehead atoms. The molecule has 216 valence electrons. The predicted octanol–water partition coefficient (Wildman–Crippen LogP) is 5.06. The monoisotopic (exact) mass is 594 g/mol. The zero-order chi connectivity index (χ0) is 30.4. The summed E-state index contributed by atoms with van der Waals surface area (Å²) in [6.07, 6.45) is 3.35. The quantitative estimate of drug-likeness (QED) is 0.216. The molecule has 1 aromatic heterocycles. The summed E-state index contributed by atoms with van der Waals surface area (Å²) in [6.45, 7) is 4.97. The van der Waals surface area contributed by atoms with E-state index < -0.39 is 41.1 Å². The summed E-state index contributed by atoms with van der Waals surface area (Å²) in [5.74, 6) is -4.01. The minimum absolute atomic E-state index is 0.0431. The molecule has 42 heavy (non-hydrogen) atoms. The van der Waals surface area contributed by atoms with Crippen molar-refractivity contribution in [3.8, 4) is 5.69 Å². The van der Waals surface area contributed by atoms with Crippen LogP contribution in [0.5, 0.6) is 0 Å². The van der Waals surface area contributed by atoms with Crippen molar-refractivity contribution in [1.82, 2.24) is 25.5 Å². The molecular weight excluding hydrogens is 570 g/mol. The van der Waals surface area contributed by atoms with Crippen LogP contribution in [0.4, 0.5) is 14.5 Å². The van der Waals surface area contributed by atoms with Gasteiger partial charge in [-0.3, -0.25) is 9.59 Å². The maximum atomic E-state index is 14.9. The molecule has 0 aliphatic carbocycles. The van der Waals surface area contributed by atoms with Crippen LogP contribution in [0.3, 0.4) is 0 Å². The molecule has 0 saturated heterocycles. The van der Waals surface area contributed by atoms with Crippen LogP contribution in [0, 0.1) is 11.6 Å². The molecule has 2 amide bonds. The fourth-order valence-corrected chi connectivity index (χ4v) is 3.93. The van der Waals surface area contributed by atoms with Crippen molar-refractivity contribution in [3.05, 3.63) is 106 Å². The highest BCUT2D eigenvalue weighted by Crippen LogP contribution is 2.25. The number of tetrazole rings is 1. The Bertz CT molecular complexity index is 1640. The van der Waals surface area contributed by atoms with Gasteiger partial charge in [0.1, 0.15) is 17.5 Å². The van der Waals surface area contributed by atoms with Crippen LogP contribution in [-0.4, -0.2) is 43.6 Å². The summed E-state index contributed by atoms with van der Waals surface area (Å²) in [5.41, 5.74) is -0.566. The molecule has 0 fully saturated rings. The molecular formula is C29H25ClF2N6O4. The highest BCUT2D eigenvalue weighted by molar-refractivity contribution is 6.31. The number of aromatic nitrogens is 4. The third kappa shape index (κ3) is 7.40. The molecule has 1 atom stereocenters. The zero-order valence-electron chi connectivity index (χ0n) is 22.6. The second-order valence-electron chi connectivity index (χ2n) is 9.89. The van der Waals surface area contributed by atoms with E-state index in [0.717, 1.165) is 23.3 Å². The molecule has 10 nitrogen and oxygen atoms in total. The number of nitrogens with zero attached hydrogens (tertiary/aromatic N) is 4. The van der Waals surface area contributed by atoms with Gasteiger partial charge in [0, 0.05) is 17.3 Å². The Labute approximate surface area is 244 Å². The van der Waals surface area contributed by atoms with Crippen molar-refractivity contribution in [1.29, 1.82) is 0 Å². The fraction of sp³-hybridized carbons (Fsp3) is 0.172. The molecule has 1 unspecified atom stereocenters. The molecule has 3 aromatic carbocycles. The lowest BCUT2D eigenvalue weighted by Crippen LogP contribution is -2.36. The lowest BCUT2D eigenvalue weighted by molar-refractivity contribution is -0.123. The van der Waals surface area contributed by atoms with E-state index in [1.165, 1.54) is 30.3 Å². The highest BCUT2D eigenvalue weighted by Gasteiger charge is 2.24. The molecule has 0 saturated carbocycles. The average molecular weight is 595 g/mol. The van der Waals surface area contributed by atoms with Gasteiger partial charge >= 0.3 is 5.97 Å². The number of amides is 2. The minimum Gasteiger partial charge on any atom is -0.456 e. The van der Waals surface area contributed by atoms with Gasteiger partial charge in [0.05, 0.1) is 16.3 Å². The lowest BCUT2D eigenvalue weighted by atomic mass is 10.1. The highest BCUT2D eigenvalue weighted by atomic mass is 35.5. The van der Waals surface area contributed by atoms with Gasteiger partial charge in [0.2, 0.25) is 5.91 Å². The van der Waals surface area contributed by atoms with Crippen molar-refractivity contribution in [2.24, 2.45) is 0 Å². The van der Waals surface area contributed by atoms with Gasteiger partial charge in [-0.15, -0.1) is 15.0 Å². The minimum atomic E-state index is -1.22. The van der Waals surface area contributed by atoms with E-state index in [-0.39, 0.29) is 27.5 Å². The number of anilines is 1. The molecule has 2 N–H and O–H groups in total. The molecule has 0 aliphatic heterocycles.